The number of benzene rings is 1. The van der Waals surface area contributed by atoms with E-state index in [0.717, 1.165) is 0 Å². The summed E-state index contributed by atoms with van der Waals surface area (Å²) in [6.07, 6.45) is 0.379. The molecule has 0 saturated carbocycles. The zero-order valence-corrected chi connectivity index (χ0v) is 7.23. The van der Waals surface area contributed by atoms with Gasteiger partial charge in [-0.3, -0.25) is 9.59 Å². The van der Waals surface area contributed by atoms with Gasteiger partial charge in [0.15, 0.2) is 5.78 Å². The zero-order valence-electron chi connectivity index (χ0n) is 7.23. The fourth-order valence-corrected chi connectivity index (χ4v) is 1.02. The highest BCUT2D eigenvalue weighted by Crippen LogP contribution is 2.01. The van der Waals surface area contributed by atoms with Crippen LogP contribution in [0.4, 0.5) is 0 Å². The van der Waals surface area contributed by atoms with Crippen molar-refractivity contribution in [1.82, 2.24) is 0 Å². The van der Waals surface area contributed by atoms with Gasteiger partial charge in [0.25, 0.3) is 0 Å². The van der Waals surface area contributed by atoms with E-state index < -0.39 is 0 Å². The van der Waals surface area contributed by atoms with Crippen LogP contribution in [0.25, 0.3) is 0 Å². The molecule has 3 heteroatoms. The summed E-state index contributed by atoms with van der Waals surface area (Å²) in [5.74, 6) is -0.210. The van der Waals surface area contributed by atoms with Crippen molar-refractivity contribution in [3.63, 3.8) is 0 Å². The summed E-state index contributed by atoms with van der Waals surface area (Å²) >= 11 is 0. The molecule has 0 bridgehead atoms. The fraction of sp³-hybridized carbons (Fsp3) is 0.100. The molecule has 0 aliphatic rings. The van der Waals surface area contributed by atoms with Crippen LogP contribution in [0.1, 0.15) is 12.5 Å². The first kappa shape index (κ1) is 9.32. The van der Waals surface area contributed by atoms with Gasteiger partial charge in [0.2, 0.25) is 6.41 Å². The first-order valence-corrected chi connectivity index (χ1v) is 3.83. The number of hydrogen-bond acceptors (Lipinski definition) is 2. The molecule has 1 amide bonds. The van der Waals surface area contributed by atoms with Crippen molar-refractivity contribution in [2.24, 2.45) is 4.99 Å². The number of hydrogen-bond donors (Lipinski definition) is 0. The van der Waals surface area contributed by atoms with Crippen molar-refractivity contribution < 1.29 is 9.59 Å². The van der Waals surface area contributed by atoms with Crippen LogP contribution < -0.4 is 0 Å². The van der Waals surface area contributed by atoms with E-state index in [2.05, 4.69) is 4.99 Å². The third-order valence-corrected chi connectivity index (χ3v) is 1.56. The minimum Gasteiger partial charge on any atom is -0.293 e. The normalized spacial score (nSPS) is 11.0. The Morgan fingerprint density at radius 1 is 1.31 bits per heavy atom. The van der Waals surface area contributed by atoms with Crippen LogP contribution >= 0.6 is 0 Å². The SMILES string of the molecule is CC(=O)C(=NC=O)c1ccccc1. The molecule has 0 unspecified atom stereocenters. The summed E-state index contributed by atoms with van der Waals surface area (Å²) in [5.41, 5.74) is 0.873. The third-order valence-electron chi connectivity index (χ3n) is 1.56. The maximum absolute atomic E-state index is 11.0. The number of ketones is 1. The number of aliphatic imine (C=N–C) groups is 1. The van der Waals surface area contributed by atoms with E-state index in [1.165, 1.54) is 6.92 Å². The average Bonchev–Trinajstić information content (AvgIpc) is 2.15. The van der Waals surface area contributed by atoms with Crippen LogP contribution in [-0.2, 0) is 9.59 Å². The molecular formula is C10H9NO2. The lowest BCUT2D eigenvalue weighted by molar-refractivity contribution is -0.111. The highest BCUT2D eigenvalue weighted by molar-refractivity contribution is 6.46. The van der Waals surface area contributed by atoms with Crippen molar-refractivity contribution in [3.8, 4) is 0 Å². The summed E-state index contributed by atoms with van der Waals surface area (Å²) < 4.78 is 0. The number of carbonyl (C=O) groups excluding carboxylic acids is 2. The van der Waals surface area contributed by atoms with Gasteiger partial charge >= 0.3 is 0 Å². The molecule has 0 aliphatic heterocycles. The van der Waals surface area contributed by atoms with E-state index in [4.69, 9.17) is 0 Å². The molecule has 0 aliphatic carbocycles. The molecular weight excluding hydrogens is 166 g/mol. The number of Topliss-reactive ketones (excluding diaryl/α,β-unsaturated/α-hetero) is 1. The Morgan fingerprint density at radius 3 is 2.38 bits per heavy atom. The second kappa shape index (κ2) is 4.30. The predicted molar refractivity (Wildman–Crippen MR) is 49.7 cm³/mol. The Morgan fingerprint density at radius 2 is 1.92 bits per heavy atom. The minimum atomic E-state index is -0.210. The van der Waals surface area contributed by atoms with Crippen molar-refractivity contribution in [3.05, 3.63) is 35.9 Å². The Kier molecular flexibility index (Phi) is 3.09. The molecule has 0 aromatic heterocycles. The third kappa shape index (κ3) is 2.33. The van der Waals surface area contributed by atoms with Gasteiger partial charge in [0, 0.05) is 12.5 Å². The summed E-state index contributed by atoms with van der Waals surface area (Å²) in [4.78, 5) is 24.7. The lowest BCUT2D eigenvalue weighted by Gasteiger charge is -1.98. The lowest BCUT2D eigenvalue weighted by atomic mass is 10.1. The van der Waals surface area contributed by atoms with E-state index >= 15 is 0 Å². The Bertz CT molecular complexity index is 341. The number of rotatable bonds is 3. The predicted octanol–water partition coefficient (Wildman–Crippen LogP) is 1.22. The van der Waals surface area contributed by atoms with Crippen LogP contribution in [0.5, 0.6) is 0 Å². The molecule has 1 rings (SSSR count). The van der Waals surface area contributed by atoms with E-state index in [1.807, 2.05) is 6.07 Å². The molecule has 0 heterocycles. The molecule has 0 fully saturated rings. The van der Waals surface area contributed by atoms with Gasteiger partial charge in [-0.15, -0.1) is 0 Å². The van der Waals surface area contributed by atoms with E-state index in [0.29, 0.717) is 12.0 Å². The van der Waals surface area contributed by atoms with Gasteiger partial charge in [0.05, 0.1) is 0 Å². The zero-order chi connectivity index (χ0) is 9.68. The molecule has 13 heavy (non-hydrogen) atoms. The first-order chi connectivity index (χ1) is 6.25. The van der Waals surface area contributed by atoms with Crippen molar-refractivity contribution in [2.75, 3.05) is 0 Å². The van der Waals surface area contributed by atoms with Gasteiger partial charge in [-0.25, -0.2) is 4.99 Å². The molecule has 0 saturated heterocycles. The van der Waals surface area contributed by atoms with Crippen molar-refractivity contribution >= 4 is 17.9 Å². The van der Waals surface area contributed by atoms with E-state index in [1.54, 1.807) is 24.3 Å². The molecule has 1 aromatic carbocycles. The maximum atomic E-state index is 11.0. The van der Waals surface area contributed by atoms with Crippen molar-refractivity contribution in [1.29, 1.82) is 0 Å². The molecule has 0 spiro atoms. The van der Waals surface area contributed by atoms with Crippen LogP contribution in [0.15, 0.2) is 35.3 Å². The first-order valence-electron chi connectivity index (χ1n) is 3.83. The Hall–Kier alpha value is -1.77. The van der Waals surface area contributed by atoms with Gasteiger partial charge in [-0.2, -0.15) is 0 Å². The van der Waals surface area contributed by atoms with E-state index in [9.17, 15) is 9.59 Å². The molecule has 66 valence electrons. The topological polar surface area (TPSA) is 46.5 Å². The summed E-state index contributed by atoms with van der Waals surface area (Å²) in [5, 5.41) is 0. The molecule has 0 atom stereocenters. The van der Waals surface area contributed by atoms with Gasteiger partial charge < -0.3 is 0 Å². The highest BCUT2D eigenvalue weighted by atomic mass is 16.1. The Balaban J connectivity index is 3.10. The van der Waals surface area contributed by atoms with Crippen LogP contribution in [-0.4, -0.2) is 17.9 Å². The van der Waals surface area contributed by atoms with Crippen molar-refractivity contribution in [2.45, 2.75) is 6.92 Å². The summed E-state index contributed by atoms with van der Waals surface area (Å²) in [6.45, 7) is 1.38. The smallest absolute Gasteiger partial charge is 0.233 e. The monoisotopic (exact) mass is 175 g/mol. The second-order valence-electron chi connectivity index (χ2n) is 2.51. The van der Waals surface area contributed by atoms with Crippen LogP contribution in [0.3, 0.4) is 0 Å². The average molecular weight is 175 g/mol. The quantitative estimate of drug-likeness (QED) is 0.512. The van der Waals surface area contributed by atoms with Crippen LogP contribution in [0, 0.1) is 0 Å². The fourth-order valence-electron chi connectivity index (χ4n) is 1.02. The van der Waals surface area contributed by atoms with E-state index in [-0.39, 0.29) is 11.5 Å². The van der Waals surface area contributed by atoms with Gasteiger partial charge in [0.1, 0.15) is 5.71 Å². The molecule has 1 aromatic rings. The minimum absolute atomic E-state index is 0.204. The van der Waals surface area contributed by atoms with Crippen LogP contribution in [0.2, 0.25) is 0 Å². The molecule has 0 N–H and O–H groups in total. The number of amides is 1. The second-order valence-corrected chi connectivity index (χ2v) is 2.51. The number of nitrogens with zero attached hydrogens (tertiary/aromatic N) is 1. The summed E-state index contributed by atoms with van der Waals surface area (Å²) in [7, 11) is 0. The molecule has 3 nitrogen and oxygen atoms in total. The standard InChI is InChI=1S/C10H9NO2/c1-8(13)10(11-7-12)9-5-3-2-4-6-9/h2-7H,1H3. The highest BCUT2D eigenvalue weighted by Gasteiger charge is 2.07. The van der Waals surface area contributed by atoms with Gasteiger partial charge in [-0.05, 0) is 0 Å². The lowest BCUT2D eigenvalue weighted by Crippen LogP contribution is -2.11. The van der Waals surface area contributed by atoms with Gasteiger partial charge in [-0.1, -0.05) is 30.3 Å². The Labute approximate surface area is 76.1 Å². The largest absolute Gasteiger partial charge is 0.293 e. The maximum Gasteiger partial charge on any atom is 0.233 e. The number of carbonyl (C=O) groups is 2. The molecule has 0 radical (unpaired) electrons. The summed E-state index contributed by atoms with van der Waals surface area (Å²) in [6, 6.07) is 8.90.